The van der Waals surface area contributed by atoms with Gasteiger partial charge in [0.15, 0.2) is 17.6 Å². The number of fused-ring (bicyclic) bond motifs is 1. The number of benzene rings is 1. The minimum absolute atomic E-state index is 0.00500. The highest BCUT2D eigenvalue weighted by Gasteiger charge is 2.73. The molecule has 36 heavy (non-hydrogen) atoms. The lowest BCUT2D eigenvalue weighted by Gasteiger charge is -2.49. The molecule has 1 unspecified atom stereocenters. The van der Waals surface area contributed by atoms with Crippen molar-refractivity contribution >= 4 is 23.7 Å². The summed E-state index contributed by atoms with van der Waals surface area (Å²) in [5, 5.41) is 31.4. The first-order chi connectivity index (χ1) is 16.9. The Bertz CT molecular complexity index is 1180. The Morgan fingerprint density at radius 3 is 2.75 bits per heavy atom. The van der Waals surface area contributed by atoms with Crippen LogP contribution in [0, 0.1) is 0 Å². The number of hydrogen-bond acceptors (Lipinski definition) is 11. The standard InChI is InChI=1S/C23H32N8O5/c1-11(32)26-9-14-17-22(30-19(24)29-17)23(34,35)15(10-31(22)20(25)27-14)28-18(33)12-5-4-6-13-16(12)36-8-7-21(13,2)3/h4-6,14-15,17,34-35H,7-10H2,1-3H3,(H2,25,27)(H,26,32)(H,28,33)(H3,24,29,30)/t14-,15?,17-,22-/m0/s1. The summed E-state index contributed by atoms with van der Waals surface area (Å²) in [6.45, 7) is 6.00. The summed E-state index contributed by atoms with van der Waals surface area (Å²) in [4.78, 5) is 35.2. The number of rotatable bonds is 4. The van der Waals surface area contributed by atoms with Crippen LogP contribution >= 0.6 is 0 Å². The summed E-state index contributed by atoms with van der Waals surface area (Å²) in [7, 11) is 0. The molecule has 4 aliphatic heterocycles. The largest absolute Gasteiger partial charge is 0.492 e. The molecular formula is C23H32N8O5. The Balaban J connectivity index is 1.46. The molecule has 1 spiro atoms. The third kappa shape index (κ3) is 3.37. The fourth-order valence-corrected chi connectivity index (χ4v) is 5.68. The highest BCUT2D eigenvalue weighted by Crippen LogP contribution is 2.45. The monoisotopic (exact) mass is 500 g/mol. The van der Waals surface area contributed by atoms with E-state index in [9.17, 15) is 19.8 Å². The fraction of sp³-hybridized carbons (Fsp3) is 0.565. The fourth-order valence-electron chi connectivity index (χ4n) is 5.68. The maximum Gasteiger partial charge on any atom is 0.255 e. The van der Waals surface area contributed by atoms with Crippen LogP contribution in [0.4, 0.5) is 0 Å². The number of aliphatic imine (C=N–C) groups is 2. The van der Waals surface area contributed by atoms with Gasteiger partial charge in [0.2, 0.25) is 11.7 Å². The Kier molecular flexibility index (Phi) is 5.34. The number of nitrogens with two attached hydrogens (primary N) is 2. The Hall–Kier alpha value is -3.58. The average molecular weight is 501 g/mol. The first kappa shape index (κ1) is 24.1. The van der Waals surface area contributed by atoms with Crippen LogP contribution in [0.1, 0.15) is 43.1 Å². The lowest BCUT2D eigenvalue weighted by atomic mass is 9.79. The van der Waals surface area contributed by atoms with E-state index in [4.69, 9.17) is 16.2 Å². The van der Waals surface area contributed by atoms with Gasteiger partial charge >= 0.3 is 0 Å². The predicted molar refractivity (Wildman–Crippen MR) is 130 cm³/mol. The Morgan fingerprint density at radius 1 is 1.28 bits per heavy atom. The van der Waals surface area contributed by atoms with E-state index in [1.54, 1.807) is 12.1 Å². The number of nitrogens with one attached hydrogen (secondary N) is 3. The van der Waals surface area contributed by atoms with Crippen molar-refractivity contribution in [2.24, 2.45) is 21.5 Å². The normalized spacial score (nSPS) is 31.0. The molecule has 1 aromatic rings. The molecule has 1 aromatic carbocycles. The number of carbonyl (C=O) groups is 2. The quantitative estimate of drug-likeness (QED) is 0.221. The maximum atomic E-state index is 13.4. The minimum Gasteiger partial charge on any atom is -0.492 e. The molecule has 0 radical (unpaired) electrons. The van der Waals surface area contributed by atoms with E-state index >= 15 is 0 Å². The number of ether oxygens (including phenoxy) is 1. The van der Waals surface area contributed by atoms with Gasteiger partial charge in [-0.15, -0.1) is 0 Å². The molecule has 0 aliphatic carbocycles. The summed E-state index contributed by atoms with van der Waals surface area (Å²) in [5.74, 6) is -2.91. The summed E-state index contributed by atoms with van der Waals surface area (Å²) in [6, 6.07) is 2.55. The van der Waals surface area contributed by atoms with Gasteiger partial charge in [-0.25, -0.2) is 9.98 Å². The molecule has 1 fully saturated rings. The molecule has 4 atom stereocenters. The van der Waals surface area contributed by atoms with Crippen molar-refractivity contribution in [1.29, 1.82) is 0 Å². The number of amides is 2. The molecule has 4 heterocycles. The second-order valence-electron chi connectivity index (χ2n) is 10.4. The van der Waals surface area contributed by atoms with E-state index in [-0.39, 0.29) is 36.3 Å². The average Bonchev–Trinajstić information content (AvgIpc) is 3.26. The number of carbonyl (C=O) groups excluding carboxylic acids is 2. The number of aliphatic hydroxyl groups is 2. The van der Waals surface area contributed by atoms with Crippen molar-refractivity contribution in [2.75, 3.05) is 19.7 Å². The van der Waals surface area contributed by atoms with Gasteiger partial charge in [0, 0.05) is 25.6 Å². The van der Waals surface area contributed by atoms with Crippen LogP contribution in [0.15, 0.2) is 28.2 Å². The van der Waals surface area contributed by atoms with Gasteiger partial charge in [-0.1, -0.05) is 26.0 Å². The third-order valence-corrected chi connectivity index (χ3v) is 7.63. The van der Waals surface area contributed by atoms with Crippen LogP contribution in [0.25, 0.3) is 0 Å². The minimum atomic E-state index is -2.57. The van der Waals surface area contributed by atoms with Crippen LogP contribution in [-0.2, 0) is 10.2 Å². The topological polar surface area (TPSA) is 200 Å². The SMILES string of the molecule is CC(=O)NC[C@@H]1N=C(N)N2CC(NC(=O)c3cccc4c3OCCC4(C)C)C(O)(O)[C@@]23NC(N)=N[C@@H]13. The Labute approximate surface area is 208 Å². The van der Waals surface area contributed by atoms with Crippen molar-refractivity contribution in [3.63, 3.8) is 0 Å². The predicted octanol–water partition coefficient (Wildman–Crippen LogP) is -2.34. The van der Waals surface area contributed by atoms with E-state index in [1.807, 2.05) is 6.07 Å². The Morgan fingerprint density at radius 2 is 2.03 bits per heavy atom. The second-order valence-corrected chi connectivity index (χ2v) is 10.4. The first-order valence-electron chi connectivity index (χ1n) is 11.9. The number of guanidine groups is 2. The van der Waals surface area contributed by atoms with Gasteiger partial charge in [-0.3, -0.25) is 9.59 Å². The van der Waals surface area contributed by atoms with E-state index in [1.165, 1.54) is 11.8 Å². The molecule has 1 saturated heterocycles. The van der Waals surface area contributed by atoms with Crippen LogP contribution in [0.3, 0.4) is 0 Å². The molecule has 0 bridgehead atoms. The molecule has 13 nitrogen and oxygen atoms in total. The molecule has 0 aromatic heterocycles. The summed E-state index contributed by atoms with van der Waals surface area (Å²) in [5.41, 5.74) is 11.6. The molecule has 0 saturated carbocycles. The van der Waals surface area contributed by atoms with Crippen LogP contribution in [0.5, 0.6) is 5.75 Å². The van der Waals surface area contributed by atoms with E-state index in [0.717, 1.165) is 12.0 Å². The zero-order chi connectivity index (χ0) is 26.0. The highest BCUT2D eigenvalue weighted by atomic mass is 16.5. The molecule has 13 heteroatoms. The summed E-state index contributed by atoms with van der Waals surface area (Å²) < 4.78 is 5.86. The van der Waals surface area contributed by atoms with Crippen LogP contribution in [0.2, 0.25) is 0 Å². The van der Waals surface area contributed by atoms with Crippen molar-refractivity contribution in [1.82, 2.24) is 20.9 Å². The van der Waals surface area contributed by atoms with Gasteiger partial charge in [0.05, 0.1) is 18.2 Å². The van der Waals surface area contributed by atoms with Crippen LogP contribution in [-0.4, -0.2) is 88.1 Å². The van der Waals surface area contributed by atoms with Crippen molar-refractivity contribution < 1.29 is 24.5 Å². The van der Waals surface area contributed by atoms with Gasteiger partial charge < -0.3 is 47.3 Å². The van der Waals surface area contributed by atoms with Gasteiger partial charge in [0.1, 0.15) is 17.8 Å². The zero-order valence-electron chi connectivity index (χ0n) is 20.4. The summed E-state index contributed by atoms with van der Waals surface area (Å²) >= 11 is 0. The summed E-state index contributed by atoms with van der Waals surface area (Å²) in [6.07, 6.45) is 0.814. The maximum absolute atomic E-state index is 13.4. The molecule has 2 amide bonds. The zero-order valence-corrected chi connectivity index (χ0v) is 20.4. The molecule has 5 rings (SSSR count). The lowest BCUT2D eigenvalue weighted by Crippen LogP contribution is -2.78. The third-order valence-electron chi connectivity index (χ3n) is 7.63. The van der Waals surface area contributed by atoms with Crippen molar-refractivity contribution in [2.45, 2.75) is 62.2 Å². The van der Waals surface area contributed by atoms with E-state index in [0.29, 0.717) is 17.9 Å². The number of para-hydroxylation sites is 1. The smallest absolute Gasteiger partial charge is 0.255 e. The van der Waals surface area contributed by atoms with Gasteiger partial charge in [-0.2, -0.15) is 0 Å². The lowest BCUT2D eigenvalue weighted by molar-refractivity contribution is -0.230. The van der Waals surface area contributed by atoms with E-state index in [2.05, 4.69) is 39.8 Å². The number of hydrogen-bond donors (Lipinski definition) is 7. The molecule has 4 aliphatic rings. The van der Waals surface area contributed by atoms with Crippen molar-refractivity contribution in [3.05, 3.63) is 29.3 Å². The second kappa shape index (κ2) is 7.96. The molecule has 194 valence electrons. The molecule has 9 N–H and O–H groups in total. The van der Waals surface area contributed by atoms with Gasteiger partial charge in [0.25, 0.3) is 5.91 Å². The van der Waals surface area contributed by atoms with Crippen molar-refractivity contribution in [3.8, 4) is 5.75 Å². The highest BCUT2D eigenvalue weighted by molar-refractivity contribution is 5.98. The molecular weight excluding hydrogens is 468 g/mol. The van der Waals surface area contributed by atoms with Gasteiger partial charge in [-0.05, 0) is 17.9 Å². The van der Waals surface area contributed by atoms with E-state index < -0.39 is 35.5 Å². The number of nitrogens with zero attached hydrogens (tertiary/aromatic N) is 3. The van der Waals surface area contributed by atoms with Crippen LogP contribution < -0.4 is 32.2 Å². The first-order valence-corrected chi connectivity index (χ1v) is 11.9.